The fourth-order valence-electron chi connectivity index (χ4n) is 4.45. The molecule has 0 spiro atoms. The van der Waals surface area contributed by atoms with Crippen molar-refractivity contribution in [2.24, 2.45) is 11.3 Å². The second kappa shape index (κ2) is 4.54. The van der Waals surface area contributed by atoms with Gasteiger partial charge in [-0.2, -0.15) is 0 Å². The summed E-state index contributed by atoms with van der Waals surface area (Å²) < 4.78 is 19.3. The van der Waals surface area contributed by atoms with Crippen LogP contribution in [-0.4, -0.2) is 24.7 Å². The molecule has 1 aliphatic heterocycles. The number of ether oxygens (including phenoxy) is 1. The molecule has 2 saturated carbocycles. The van der Waals surface area contributed by atoms with Crippen LogP contribution in [0.2, 0.25) is 0 Å². The van der Waals surface area contributed by atoms with Crippen molar-refractivity contribution in [2.45, 2.75) is 50.7 Å². The quantitative estimate of drug-likeness (QED) is 0.932. The molecule has 3 fully saturated rings. The number of carbonyl (C=O) groups excluding carboxylic acids is 1. The first-order chi connectivity index (χ1) is 10.4. The summed E-state index contributed by atoms with van der Waals surface area (Å²) >= 11 is 0. The van der Waals surface area contributed by atoms with Gasteiger partial charge in [0.15, 0.2) is 0 Å². The molecule has 0 unspecified atom stereocenters. The van der Waals surface area contributed by atoms with Crippen molar-refractivity contribution >= 4 is 5.91 Å². The highest BCUT2D eigenvalue weighted by Gasteiger charge is 2.61. The van der Waals surface area contributed by atoms with Gasteiger partial charge in [-0.15, -0.1) is 0 Å². The van der Waals surface area contributed by atoms with Crippen LogP contribution in [-0.2, 0) is 14.9 Å². The molecule has 3 aliphatic rings. The number of carbonyl (C=O) groups is 1. The van der Waals surface area contributed by atoms with Crippen molar-refractivity contribution in [3.8, 4) is 0 Å². The summed E-state index contributed by atoms with van der Waals surface area (Å²) in [5, 5.41) is 3.26. The molecular formula is C18H22FNO2. The van der Waals surface area contributed by atoms with Crippen molar-refractivity contribution in [2.75, 3.05) is 6.61 Å². The molecule has 22 heavy (non-hydrogen) atoms. The van der Waals surface area contributed by atoms with E-state index in [1.165, 1.54) is 12.1 Å². The summed E-state index contributed by atoms with van der Waals surface area (Å²) in [6.07, 6.45) is 2.90. The van der Waals surface area contributed by atoms with Crippen molar-refractivity contribution < 1.29 is 13.9 Å². The first-order valence-electron chi connectivity index (χ1n) is 8.14. The maximum Gasteiger partial charge on any atom is 0.230 e. The molecule has 3 atom stereocenters. The lowest BCUT2D eigenvalue weighted by atomic mass is 9.57. The maximum atomic E-state index is 13.5. The summed E-state index contributed by atoms with van der Waals surface area (Å²) in [6.45, 7) is 5.11. The standard InChI is InChI=1S/C18H22FNO2/c1-17(2)14(13-6-9-22-15(13)17)20-16(21)18(7-8-18)11-4-3-5-12(19)10-11/h3-5,10,13-15H,6-9H2,1-2H3,(H,20,21)/t13-,14+,15+/m0/s1. The van der Waals surface area contributed by atoms with Gasteiger partial charge in [-0.25, -0.2) is 4.39 Å². The van der Waals surface area contributed by atoms with E-state index in [0.717, 1.165) is 31.4 Å². The Hall–Kier alpha value is -1.42. The number of nitrogens with one attached hydrogen (secondary N) is 1. The first-order valence-corrected chi connectivity index (χ1v) is 8.14. The zero-order valence-corrected chi connectivity index (χ0v) is 13.1. The van der Waals surface area contributed by atoms with Crippen LogP contribution in [0.25, 0.3) is 0 Å². The van der Waals surface area contributed by atoms with Gasteiger partial charge in [0, 0.05) is 24.0 Å². The van der Waals surface area contributed by atoms with E-state index in [9.17, 15) is 9.18 Å². The van der Waals surface area contributed by atoms with Crippen LogP contribution in [0.15, 0.2) is 24.3 Å². The van der Waals surface area contributed by atoms with Gasteiger partial charge in [-0.3, -0.25) is 4.79 Å². The topological polar surface area (TPSA) is 38.3 Å². The van der Waals surface area contributed by atoms with E-state index in [1.807, 2.05) is 6.07 Å². The summed E-state index contributed by atoms with van der Waals surface area (Å²) in [5.74, 6) is 0.216. The zero-order chi connectivity index (χ0) is 15.5. The summed E-state index contributed by atoms with van der Waals surface area (Å²) in [5.41, 5.74) is 0.277. The van der Waals surface area contributed by atoms with Gasteiger partial charge < -0.3 is 10.1 Å². The van der Waals surface area contributed by atoms with Crippen molar-refractivity contribution in [1.29, 1.82) is 0 Å². The Morgan fingerprint density at radius 2 is 2.14 bits per heavy atom. The maximum absolute atomic E-state index is 13.5. The number of amides is 1. The predicted molar refractivity (Wildman–Crippen MR) is 80.9 cm³/mol. The molecule has 0 aromatic heterocycles. The second-order valence-electron chi connectivity index (χ2n) is 7.61. The van der Waals surface area contributed by atoms with Crippen LogP contribution in [0.1, 0.15) is 38.7 Å². The number of rotatable bonds is 3. The highest BCUT2D eigenvalue weighted by atomic mass is 19.1. The van der Waals surface area contributed by atoms with E-state index < -0.39 is 5.41 Å². The summed E-state index contributed by atoms with van der Waals surface area (Å²) in [6, 6.07) is 6.64. The van der Waals surface area contributed by atoms with Crippen LogP contribution < -0.4 is 5.32 Å². The molecule has 1 heterocycles. The van der Waals surface area contributed by atoms with Gasteiger partial charge in [0.1, 0.15) is 5.82 Å². The fraction of sp³-hybridized carbons (Fsp3) is 0.611. The van der Waals surface area contributed by atoms with E-state index in [1.54, 1.807) is 6.07 Å². The van der Waals surface area contributed by atoms with Gasteiger partial charge in [0.25, 0.3) is 0 Å². The molecule has 118 valence electrons. The number of fused-ring (bicyclic) bond motifs is 1. The van der Waals surface area contributed by atoms with Gasteiger partial charge in [-0.1, -0.05) is 26.0 Å². The molecule has 3 nitrogen and oxygen atoms in total. The molecule has 1 aromatic rings. The Bertz CT molecular complexity index is 623. The molecule has 1 amide bonds. The lowest BCUT2D eigenvalue weighted by molar-refractivity contribution is -0.139. The molecule has 2 aliphatic carbocycles. The largest absolute Gasteiger partial charge is 0.377 e. The Balaban J connectivity index is 1.53. The van der Waals surface area contributed by atoms with E-state index >= 15 is 0 Å². The van der Waals surface area contributed by atoms with Crippen LogP contribution in [0, 0.1) is 17.2 Å². The van der Waals surface area contributed by atoms with Crippen LogP contribution >= 0.6 is 0 Å². The van der Waals surface area contributed by atoms with Gasteiger partial charge in [0.2, 0.25) is 5.91 Å². The van der Waals surface area contributed by atoms with Gasteiger partial charge in [0.05, 0.1) is 11.5 Å². The molecule has 1 aromatic carbocycles. The predicted octanol–water partition coefficient (Wildman–Crippen LogP) is 2.79. The highest BCUT2D eigenvalue weighted by Crippen LogP contribution is 2.54. The molecule has 4 rings (SSSR count). The average molecular weight is 303 g/mol. The van der Waals surface area contributed by atoms with Crippen LogP contribution in [0.5, 0.6) is 0 Å². The van der Waals surface area contributed by atoms with E-state index in [-0.39, 0.29) is 29.3 Å². The van der Waals surface area contributed by atoms with E-state index in [2.05, 4.69) is 19.2 Å². The Morgan fingerprint density at radius 3 is 2.82 bits per heavy atom. The molecule has 1 saturated heterocycles. The molecule has 0 radical (unpaired) electrons. The van der Waals surface area contributed by atoms with Crippen molar-refractivity contribution in [3.05, 3.63) is 35.6 Å². The third kappa shape index (κ3) is 1.86. The minimum absolute atomic E-state index is 0.0190. The van der Waals surface area contributed by atoms with Gasteiger partial charge >= 0.3 is 0 Å². The second-order valence-corrected chi connectivity index (χ2v) is 7.61. The number of hydrogen-bond acceptors (Lipinski definition) is 2. The smallest absolute Gasteiger partial charge is 0.230 e. The Kier molecular flexibility index (Phi) is 2.93. The number of benzene rings is 1. The minimum atomic E-state index is -0.511. The lowest BCUT2D eigenvalue weighted by Gasteiger charge is -2.54. The monoisotopic (exact) mass is 303 g/mol. The first kappa shape index (κ1) is 14.2. The Morgan fingerprint density at radius 1 is 1.36 bits per heavy atom. The van der Waals surface area contributed by atoms with Crippen molar-refractivity contribution in [1.82, 2.24) is 5.32 Å². The zero-order valence-electron chi connectivity index (χ0n) is 13.1. The molecule has 1 N–H and O–H groups in total. The van der Waals surface area contributed by atoms with E-state index in [4.69, 9.17) is 4.74 Å². The molecular weight excluding hydrogens is 281 g/mol. The fourth-order valence-corrected chi connectivity index (χ4v) is 4.45. The number of halogens is 1. The minimum Gasteiger partial charge on any atom is -0.377 e. The van der Waals surface area contributed by atoms with E-state index in [0.29, 0.717) is 5.92 Å². The number of hydrogen-bond donors (Lipinski definition) is 1. The SMILES string of the molecule is CC1(C)[C@H](NC(=O)C2(c3cccc(F)c3)CC2)[C@@H]2CCO[C@H]21. The molecule has 4 heteroatoms. The van der Waals surface area contributed by atoms with Crippen LogP contribution in [0.3, 0.4) is 0 Å². The van der Waals surface area contributed by atoms with Crippen LogP contribution in [0.4, 0.5) is 4.39 Å². The Labute approximate surface area is 130 Å². The third-order valence-electron chi connectivity index (χ3n) is 5.95. The lowest BCUT2D eigenvalue weighted by Crippen LogP contribution is -2.67. The highest BCUT2D eigenvalue weighted by molar-refractivity contribution is 5.91. The normalized spacial score (nSPS) is 33.7. The molecule has 0 bridgehead atoms. The van der Waals surface area contributed by atoms with Gasteiger partial charge in [-0.05, 0) is 37.0 Å². The summed E-state index contributed by atoms with van der Waals surface area (Å²) in [7, 11) is 0. The van der Waals surface area contributed by atoms with Crippen molar-refractivity contribution in [3.63, 3.8) is 0 Å². The third-order valence-corrected chi connectivity index (χ3v) is 5.95. The summed E-state index contributed by atoms with van der Waals surface area (Å²) in [4.78, 5) is 12.8. The average Bonchev–Trinajstić information content (AvgIpc) is 3.17.